The Balaban J connectivity index is 2.01. The Morgan fingerprint density at radius 2 is 1.72 bits per heavy atom. The van der Waals surface area contributed by atoms with Gasteiger partial charge in [0.05, 0.1) is 6.17 Å². The Bertz CT molecular complexity index is 315. The molecule has 2 aliphatic rings. The van der Waals surface area contributed by atoms with Crippen molar-refractivity contribution in [1.82, 2.24) is 14.7 Å². The Hall–Kier alpha value is -0.820. The van der Waals surface area contributed by atoms with Crippen LogP contribution in [-0.4, -0.2) is 72.7 Å². The molecule has 0 spiro atoms. The molecule has 104 valence electrons. The summed E-state index contributed by atoms with van der Waals surface area (Å²) in [6.45, 7) is 2.60. The van der Waals surface area contributed by atoms with Crippen molar-refractivity contribution in [2.45, 2.75) is 25.2 Å². The molecule has 2 saturated heterocycles. The fourth-order valence-corrected chi connectivity index (χ4v) is 2.65. The van der Waals surface area contributed by atoms with Crippen molar-refractivity contribution in [2.75, 3.05) is 39.8 Å². The van der Waals surface area contributed by atoms with E-state index in [-0.39, 0.29) is 19.3 Å². The first-order valence-electron chi connectivity index (χ1n) is 6.20. The third kappa shape index (κ3) is 2.77. The van der Waals surface area contributed by atoms with Crippen molar-refractivity contribution in [3.63, 3.8) is 0 Å². The van der Waals surface area contributed by atoms with Crippen LogP contribution in [0.4, 0.5) is 13.2 Å². The van der Waals surface area contributed by atoms with E-state index in [0.717, 1.165) is 30.8 Å². The van der Waals surface area contributed by atoms with Gasteiger partial charge in [-0.1, -0.05) is 0 Å². The van der Waals surface area contributed by atoms with Gasteiger partial charge in [-0.3, -0.25) is 14.6 Å². The van der Waals surface area contributed by atoms with E-state index in [2.05, 4.69) is 4.90 Å². The second-order valence-electron chi connectivity index (χ2n) is 4.95. The molecule has 2 rings (SSSR count). The SMILES string of the molecule is CN1CCN(C(=O)C(F)(F)F)CC1N1CCCC1. The number of likely N-dealkylation sites (tertiary alicyclic amines) is 1. The summed E-state index contributed by atoms with van der Waals surface area (Å²) < 4.78 is 37.3. The molecule has 0 N–H and O–H groups in total. The number of amides is 1. The maximum atomic E-state index is 12.4. The highest BCUT2D eigenvalue weighted by Gasteiger charge is 2.45. The van der Waals surface area contributed by atoms with E-state index in [1.807, 2.05) is 11.9 Å². The number of halogens is 3. The number of alkyl halides is 3. The summed E-state index contributed by atoms with van der Waals surface area (Å²) in [7, 11) is 1.90. The van der Waals surface area contributed by atoms with Gasteiger partial charge in [-0.05, 0) is 33.0 Å². The number of likely N-dealkylation sites (N-methyl/N-ethyl adjacent to an activating group) is 1. The summed E-state index contributed by atoms with van der Waals surface area (Å²) in [5.74, 6) is -1.71. The Labute approximate surface area is 104 Å². The lowest BCUT2D eigenvalue weighted by molar-refractivity contribution is -0.189. The summed E-state index contributed by atoms with van der Waals surface area (Å²) >= 11 is 0. The molecule has 0 bridgehead atoms. The number of piperazine rings is 1. The summed E-state index contributed by atoms with van der Waals surface area (Å²) in [4.78, 5) is 16.4. The van der Waals surface area contributed by atoms with Crippen LogP contribution in [0.2, 0.25) is 0 Å². The molecule has 2 fully saturated rings. The van der Waals surface area contributed by atoms with Crippen LogP contribution < -0.4 is 0 Å². The molecule has 1 amide bonds. The van der Waals surface area contributed by atoms with E-state index in [1.165, 1.54) is 0 Å². The standard InChI is InChI=1S/C11H18F3N3O/c1-15-6-7-17(10(18)11(12,13)14)8-9(15)16-4-2-3-5-16/h9H,2-8H2,1H3. The number of hydrogen-bond acceptors (Lipinski definition) is 3. The highest BCUT2D eigenvalue weighted by Crippen LogP contribution is 2.23. The summed E-state index contributed by atoms with van der Waals surface area (Å²) in [6, 6.07) is 0. The molecule has 1 atom stereocenters. The Morgan fingerprint density at radius 3 is 2.28 bits per heavy atom. The van der Waals surface area contributed by atoms with Crippen LogP contribution in [0.25, 0.3) is 0 Å². The third-order valence-electron chi connectivity index (χ3n) is 3.71. The van der Waals surface area contributed by atoms with Crippen molar-refractivity contribution in [3.05, 3.63) is 0 Å². The van der Waals surface area contributed by atoms with Crippen molar-refractivity contribution >= 4 is 5.91 Å². The van der Waals surface area contributed by atoms with Crippen LogP contribution >= 0.6 is 0 Å². The second kappa shape index (κ2) is 5.05. The average Bonchev–Trinajstić information content (AvgIpc) is 2.81. The molecule has 18 heavy (non-hydrogen) atoms. The number of rotatable bonds is 1. The van der Waals surface area contributed by atoms with Crippen LogP contribution in [0.1, 0.15) is 12.8 Å². The van der Waals surface area contributed by atoms with Gasteiger partial charge in [-0.2, -0.15) is 13.2 Å². The highest BCUT2D eigenvalue weighted by molar-refractivity contribution is 5.82. The topological polar surface area (TPSA) is 26.8 Å². The van der Waals surface area contributed by atoms with Gasteiger partial charge in [0.25, 0.3) is 0 Å². The van der Waals surface area contributed by atoms with Crippen LogP contribution in [-0.2, 0) is 4.79 Å². The minimum Gasteiger partial charge on any atom is -0.331 e. The van der Waals surface area contributed by atoms with Crippen molar-refractivity contribution in [2.24, 2.45) is 0 Å². The van der Waals surface area contributed by atoms with Gasteiger partial charge in [0.15, 0.2) is 0 Å². The van der Waals surface area contributed by atoms with Gasteiger partial charge in [0, 0.05) is 19.6 Å². The average molecular weight is 265 g/mol. The molecular formula is C11H18F3N3O. The van der Waals surface area contributed by atoms with Crippen LogP contribution in [0.5, 0.6) is 0 Å². The molecule has 2 heterocycles. The molecule has 0 radical (unpaired) electrons. The van der Waals surface area contributed by atoms with Crippen molar-refractivity contribution in [3.8, 4) is 0 Å². The third-order valence-corrected chi connectivity index (χ3v) is 3.71. The van der Waals surface area contributed by atoms with E-state index in [1.54, 1.807) is 0 Å². The smallest absolute Gasteiger partial charge is 0.331 e. The maximum Gasteiger partial charge on any atom is 0.471 e. The van der Waals surface area contributed by atoms with Crippen LogP contribution in [0, 0.1) is 0 Å². The minimum absolute atomic E-state index is 0.0763. The van der Waals surface area contributed by atoms with Crippen LogP contribution in [0.3, 0.4) is 0 Å². The number of carbonyl (C=O) groups excluding carboxylic acids is 1. The molecule has 7 heteroatoms. The zero-order chi connectivity index (χ0) is 13.3. The van der Waals surface area contributed by atoms with Crippen LogP contribution in [0.15, 0.2) is 0 Å². The zero-order valence-electron chi connectivity index (χ0n) is 10.4. The van der Waals surface area contributed by atoms with Gasteiger partial charge in [-0.25, -0.2) is 0 Å². The molecule has 0 aromatic heterocycles. The first-order valence-corrected chi connectivity index (χ1v) is 6.20. The lowest BCUT2D eigenvalue weighted by atomic mass is 10.2. The zero-order valence-corrected chi connectivity index (χ0v) is 10.4. The lowest BCUT2D eigenvalue weighted by Crippen LogP contribution is -2.61. The largest absolute Gasteiger partial charge is 0.471 e. The first kappa shape index (κ1) is 13.6. The fraction of sp³-hybridized carbons (Fsp3) is 0.909. The van der Waals surface area contributed by atoms with E-state index in [9.17, 15) is 18.0 Å². The van der Waals surface area contributed by atoms with Gasteiger partial charge in [0.2, 0.25) is 0 Å². The maximum absolute atomic E-state index is 12.4. The van der Waals surface area contributed by atoms with E-state index < -0.39 is 12.1 Å². The van der Waals surface area contributed by atoms with Gasteiger partial charge in [0.1, 0.15) is 0 Å². The van der Waals surface area contributed by atoms with Gasteiger partial charge in [-0.15, -0.1) is 0 Å². The van der Waals surface area contributed by atoms with Gasteiger partial charge < -0.3 is 4.90 Å². The molecule has 0 aromatic rings. The second-order valence-corrected chi connectivity index (χ2v) is 4.95. The summed E-state index contributed by atoms with van der Waals surface area (Å²) in [5.41, 5.74) is 0. The van der Waals surface area contributed by atoms with Crippen molar-refractivity contribution in [1.29, 1.82) is 0 Å². The van der Waals surface area contributed by atoms with E-state index in [4.69, 9.17) is 0 Å². The van der Waals surface area contributed by atoms with E-state index >= 15 is 0 Å². The molecule has 0 aromatic carbocycles. The highest BCUT2D eigenvalue weighted by atomic mass is 19.4. The number of nitrogens with zero attached hydrogens (tertiary/aromatic N) is 3. The monoisotopic (exact) mass is 265 g/mol. The Morgan fingerprint density at radius 1 is 1.11 bits per heavy atom. The lowest BCUT2D eigenvalue weighted by Gasteiger charge is -2.43. The molecule has 2 aliphatic heterocycles. The molecule has 1 unspecified atom stereocenters. The van der Waals surface area contributed by atoms with Gasteiger partial charge >= 0.3 is 12.1 Å². The predicted octanol–water partition coefficient (Wildman–Crippen LogP) is 0.745. The molecule has 0 aliphatic carbocycles. The molecular weight excluding hydrogens is 247 g/mol. The number of hydrogen-bond donors (Lipinski definition) is 0. The predicted molar refractivity (Wildman–Crippen MR) is 59.9 cm³/mol. The fourth-order valence-electron chi connectivity index (χ4n) is 2.65. The number of carbonyl (C=O) groups is 1. The molecule has 4 nitrogen and oxygen atoms in total. The summed E-state index contributed by atoms with van der Waals surface area (Å²) in [6.07, 6.45) is -2.67. The van der Waals surface area contributed by atoms with E-state index in [0.29, 0.717) is 6.54 Å². The quantitative estimate of drug-likeness (QED) is 0.700. The van der Waals surface area contributed by atoms with Crippen molar-refractivity contribution < 1.29 is 18.0 Å². The summed E-state index contributed by atoms with van der Waals surface area (Å²) in [5, 5.41) is 0. The molecule has 0 saturated carbocycles. The first-order chi connectivity index (χ1) is 8.39. The normalized spacial score (nSPS) is 27.8. The minimum atomic E-state index is -4.76. The Kier molecular flexibility index (Phi) is 3.82.